The van der Waals surface area contributed by atoms with Gasteiger partial charge in [0.1, 0.15) is 5.75 Å². The van der Waals surface area contributed by atoms with Gasteiger partial charge in [-0.25, -0.2) is 0 Å². The molecule has 1 aliphatic rings. The van der Waals surface area contributed by atoms with E-state index < -0.39 is 0 Å². The van der Waals surface area contributed by atoms with E-state index in [1.165, 1.54) is 29.8 Å². The van der Waals surface area contributed by atoms with Crippen molar-refractivity contribution in [3.63, 3.8) is 0 Å². The van der Waals surface area contributed by atoms with Gasteiger partial charge in [-0.2, -0.15) is 5.10 Å². The van der Waals surface area contributed by atoms with Gasteiger partial charge in [-0.3, -0.25) is 4.68 Å². The monoisotopic (exact) mass is 328 g/mol. The first kappa shape index (κ1) is 16.8. The van der Waals surface area contributed by atoms with Gasteiger partial charge in [0, 0.05) is 43.5 Å². The molecule has 0 bridgehead atoms. The minimum Gasteiger partial charge on any atom is -0.495 e. The Morgan fingerprint density at radius 3 is 2.83 bits per heavy atom. The number of piperidine rings is 1. The maximum Gasteiger partial charge on any atom is 0.142 e. The molecule has 2 aromatic rings. The molecule has 0 aliphatic carbocycles. The Bertz CT molecular complexity index is 682. The average Bonchev–Trinajstić information content (AvgIpc) is 2.94. The second kappa shape index (κ2) is 7.26. The number of benzene rings is 1. The smallest absolute Gasteiger partial charge is 0.142 e. The Morgan fingerprint density at radius 1 is 1.33 bits per heavy atom. The van der Waals surface area contributed by atoms with Crippen molar-refractivity contribution in [2.75, 3.05) is 25.1 Å². The molecule has 24 heavy (non-hydrogen) atoms. The minimum atomic E-state index is 0.307. The molecular formula is C19H28N4O. The first-order valence-electron chi connectivity index (χ1n) is 8.72. The van der Waals surface area contributed by atoms with E-state index in [0.29, 0.717) is 12.1 Å². The highest BCUT2D eigenvalue weighted by Crippen LogP contribution is 2.30. The number of nitrogens with zero attached hydrogens (tertiary/aromatic N) is 3. The van der Waals surface area contributed by atoms with Crippen molar-refractivity contribution in [1.82, 2.24) is 15.1 Å². The highest BCUT2D eigenvalue weighted by Gasteiger charge is 2.24. The van der Waals surface area contributed by atoms with Crippen LogP contribution < -0.4 is 15.0 Å². The van der Waals surface area contributed by atoms with E-state index in [4.69, 9.17) is 4.74 Å². The topological polar surface area (TPSA) is 42.3 Å². The molecular weight excluding hydrogens is 300 g/mol. The molecule has 1 aromatic heterocycles. The van der Waals surface area contributed by atoms with Gasteiger partial charge in [-0.1, -0.05) is 12.1 Å². The normalized spacial score (nSPS) is 19.3. The van der Waals surface area contributed by atoms with E-state index in [1.807, 2.05) is 30.1 Å². The predicted octanol–water partition coefficient (Wildman–Crippen LogP) is 3.06. The Morgan fingerprint density at radius 2 is 2.12 bits per heavy atom. The lowest BCUT2D eigenvalue weighted by Crippen LogP contribution is -2.46. The molecule has 1 saturated heterocycles. The predicted molar refractivity (Wildman–Crippen MR) is 97.7 cm³/mol. The van der Waals surface area contributed by atoms with Crippen LogP contribution in [0.2, 0.25) is 0 Å². The average molecular weight is 328 g/mol. The van der Waals surface area contributed by atoms with Crippen LogP contribution in [-0.4, -0.2) is 36.0 Å². The van der Waals surface area contributed by atoms with E-state index in [1.54, 1.807) is 7.11 Å². The lowest BCUT2D eigenvalue weighted by molar-refractivity contribution is 0.380. The second-order valence-electron chi connectivity index (χ2n) is 6.65. The van der Waals surface area contributed by atoms with Crippen LogP contribution in [-0.2, 0) is 7.05 Å². The quantitative estimate of drug-likeness (QED) is 0.916. The third kappa shape index (κ3) is 3.41. The molecule has 1 aromatic carbocycles. The summed E-state index contributed by atoms with van der Waals surface area (Å²) in [5.41, 5.74) is 3.70. The van der Waals surface area contributed by atoms with E-state index in [2.05, 4.69) is 41.3 Å². The number of rotatable bonds is 5. The first-order chi connectivity index (χ1) is 11.6. The van der Waals surface area contributed by atoms with Crippen molar-refractivity contribution in [1.29, 1.82) is 0 Å². The second-order valence-corrected chi connectivity index (χ2v) is 6.65. The number of para-hydroxylation sites is 2. The molecule has 5 nitrogen and oxygen atoms in total. The van der Waals surface area contributed by atoms with Gasteiger partial charge in [0.25, 0.3) is 0 Å². The summed E-state index contributed by atoms with van der Waals surface area (Å²) in [6.07, 6.45) is 4.37. The van der Waals surface area contributed by atoms with Gasteiger partial charge in [-0.05, 0) is 38.8 Å². The van der Waals surface area contributed by atoms with Crippen molar-refractivity contribution < 1.29 is 4.74 Å². The molecule has 2 atom stereocenters. The molecule has 1 N–H and O–H groups in total. The van der Waals surface area contributed by atoms with Gasteiger partial charge in [-0.15, -0.1) is 0 Å². The van der Waals surface area contributed by atoms with Crippen LogP contribution in [0.4, 0.5) is 5.69 Å². The zero-order chi connectivity index (χ0) is 17.1. The lowest BCUT2D eigenvalue weighted by Gasteiger charge is -2.36. The molecule has 5 heteroatoms. The molecule has 1 aliphatic heterocycles. The molecule has 0 saturated carbocycles. The summed E-state index contributed by atoms with van der Waals surface area (Å²) in [5.74, 6) is 0.953. The molecule has 0 amide bonds. The van der Waals surface area contributed by atoms with Gasteiger partial charge in [0.15, 0.2) is 0 Å². The van der Waals surface area contributed by atoms with Gasteiger partial charge in [0.2, 0.25) is 0 Å². The maximum absolute atomic E-state index is 5.53. The standard InChI is InChI=1S/C19H28N4O/c1-14(17-12-20-22(3)15(17)2)21-16-8-7-11-23(13-16)18-9-5-6-10-19(18)24-4/h5-6,9-10,12,14,16,21H,7-8,11,13H2,1-4H3/t14-,16+/m0/s1. The third-order valence-corrected chi connectivity index (χ3v) is 5.07. The SMILES string of the molecule is COc1ccccc1N1CCC[C@@H](N[C@@H](C)c2cnn(C)c2C)C1. The number of hydrogen-bond acceptors (Lipinski definition) is 4. The zero-order valence-electron chi connectivity index (χ0n) is 15.1. The fourth-order valence-corrected chi connectivity index (χ4v) is 3.61. The van der Waals surface area contributed by atoms with Crippen molar-refractivity contribution in [3.8, 4) is 5.75 Å². The number of methoxy groups -OCH3 is 1. The number of hydrogen-bond donors (Lipinski definition) is 1. The summed E-state index contributed by atoms with van der Waals surface area (Å²) < 4.78 is 7.47. The first-order valence-corrected chi connectivity index (χ1v) is 8.72. The van der Waals surface area contributed by atoms with E-state index in [-0.39, 0.29) is 0 Å². The summed E-state index contributed by atoms with van der Waals surface area (Å²) in [7, 11) is 3.74. The van der Waals surface area contributed by atoms with E-state index in [9.17, 15) is 0 Å². The van der Waals surface area contributed by atoms with Crippen molar-refractivity contribution in [3.05, 3.63) is 41.7 Å². The zero-order valence-corrected chi connectivity index (χ0v) is 15.1. The van der Waals surface area contributed by atoms with Crippen LogP contribution in [0.25, 0.3) is 0 Å². The van der Waals surface area contributed by atoms with Crippen molar-refractivity contribution in [2.45, 2.75) is 38.8 Å². The van der Waals surface area contributed by atoms with Gasteiger partial charge in [0.05, 0.1) is 19.0 Å². The minimum absolute atomic E-state index is 0.307. The summed E-state index contributed by atoms with van der Waals surface area (Å²) >= 11 is 0. The Labute approximate surface area is 144 Å². The largest absolute Gasteiger partial charge is 0.495 e. The fourth-order valence-electron chi connectivity index (χ4n) is 3.61. The van der Waals surface area contributed by atoms with Crippen LogP contribution in [0.3, 0.4) is 0 Å². The van der Waals surface area contributed by atoms with Crippen molar-refractivity contribution in [2.24, 2.45) is 7.05 Å². The number of nitrogens with one attached hydrogen (secondary N) is 1. The molecule has 0 spiro atoms. The van der Waals surface area contributed by atoms with E-state index >= 15 is 0 Å². The number of ether oxygens (including phenoxy) is 1. The number of aromatic nitrogens is 2. The summed E-state index contributed by atoms with van der Waals surface area (Å²) in [6, 6.07) is 9.06. The van der Waals surface area contributed by atoms with Gasteiger partial charge < -0.3 is 15.0 Å². The van der Waals surface area contributed by atoms with Crippen molar-refractivity contribution >= 4 is 5.69 Å². The summed E-state index contributed by atoms with van der Waals surface area (Å²) in [5, 5.41) is 8.16. The molecule has 0 unspecified atom stereocenters. The van der Waals surface area contributed by atoms with Crippen LogP contribution in [0.1, 0.15) is 37.1 Å². The molecule has 3 rings (SSSR count). The Hall–Kier alpha value is -2.01. The Kier molecular flexibility index (Phi) is 5.09. The lowest BCUT2D eigenvalue weighted by atomic mass is 10.0. The molecule has 2 heterocycles. The maximum atomic E-state index is 5.53. The van der Waals surface area contributed by atoms with Crippen LogP contribution in [0.15, 0.2) is 30.5 Å². The molecule has 130 valence electrons. The molecule has 0 radical (unpaired) electrons. The number of aryl methyl sites for hydroxylation is 1. The summed E-state index contributed by atoms with van der Waals surface area (Å²) in [4.78, 5) is 2.43. The fraction of sp³-hybridized carbons (Fsp3) is 0.526. The highest BCUT2D eigenvalue weighted by molar-refractivity contribution is 5.58. The van der Waals surface area contributed by atoms with Crippen LogP contribution in [0, 0.1) is 6.92 Å². The van der Waals surface area contributed by atoms with E-state index in [0.717, 1.165) is 18.8 Å². The Balaban J connectivity index is 1.68. The summed E-state index contributed by atoms with van der Waals surface area (Å²) in [6.45, 7) is 6.44. The van der Waals surface area contributed by atoms with Crippen LogP contribution >= 0.6 is 0 Å². The highest BCUT2D eigenvalue weighted by atomic mass is 16.5. The molecule has 1 fully saturated rings. The third-order valence-electron chi connectivity index (χ3n) is 5.07. The van der Waals surface area contributed by atoms with Crippen LogP contribution in [0.5, 0.6) is 5.75 Å². The number of anilines is 1. The van der Waals surface area contributed by atoms with Gasteiger partial charge >= 0.3 is 0 Å².